The van der Waals surface area contributed by atoms with Crippen LogP contribution in [0.3, 0.4) is 0 Å². The second-order valence-electron chi connectivity index (χ2n) is 8.46. The van der Waals surface area contributed by atoms with Gasteiger partial charge in [-0.25, -0.2) is 9.97 Å². The number of carbonyl (C=O) groups is 1. The minimum absolute atomic E-state index is 0.0431. The van der Waals surface area contributed by atoms with E-state index in [-0.39, 0.29) is 18.4 Å². The van der Waals surface area contributed by atoms with Crippen molar-refractivity contribution in [1.82, 2.24) is 14.9 Å². The molecule has 0 aliphatic carbocycles. The van der Waals surface area contributed by atoms with Gasteiger partial charge in [-0.1, -0.05) is 12.1 Å². The number of hydrogen-bond acceptors (Lipinski definition) is 6. The van der Waals surface area contributed by atoms with E-state index < -0.39 is 0 Å². The maximum atomic E-state index is 12.3. The molecule has 2 aromatic rings. The largest absolute Gasteiger partial charge is 0.497 e. The fourth-order valence-electron chi connectivity index (χ4n) is 4.67. The van der Waals surface area contributed by atoms with Crippen LogP contribution in [-0.4, -0.2) is 61.2 Å². The molecule has 0 spiro atoms. The van der Waals surface area contributed by atoms with Gasteiger partial charge < -0.3 is 19.3 Å². The summed E-state index contributed by atoms with van der Waals surface area (Å²) in [6, 6.07) is 8.22. The number of ether oxygens (including phenoxy) is 2. The molecule has 7 nitrogen and oxygen atoms in total. The van der Waals surface area contributed by atoms with Gasteiger partial charge in [0.1, 0.15) is 24.0 Å². The van der Waals surface area contributed by atoms with Crippen LogP contribution in [0.4, 0.5) is 5.82 Å². The molecule has 0 saturated carbocycles. The minimum atomic E-state index is 0.0431. The van der Waals surface area contributed by atoms with Crippen LogP contribution in [0.25, 0.3) is 0 Å². The Bertz CT molecular complexity index is 933. The summed E-state index contributed by atoms with van der Waals surface area (Å²) < 4.78 is 10.4. The van der Waals surface area contributed by atoms with Gasteiger partial charge in [0.25, 0.3) is 0 Å². The molecule has 0 bridgehead atoms. The Morgan fingerprint density at radius 3 is 2.87 bits per heavy atom. The molecule has 166 valence electrons. The van der Waals surface area contributed by atoms with Gasteiger partial charge in [-0.3, -0.25) is 4.79 Å². The molecule has 31 heavy (non-hydrogen) atoms. The molecular formula is C24H32N4O3. The quantitative estimate of drug-likeness (QED) is 0.710. The van der Waals surface area contributed by atoms with Crippen molar-refractivity contribution in [3.05, 3.63) is 46.9 Å². The van der Waals surface area contributed by atoms with Gasteiger partial charge in [-0.05, 0) is 50.3 Å². The molecule has 7 heteroatoms. The van der Waals surface area contributed by atoms with Gasteiger partial charge in [0.2, 0.25) is 5.91 Å². The highest BCUT2D eigenvalue weighted by molar-refractivity contribution is 5.77. The van der Waals surface area contributed by atoms with Crippen LogP contribution in [0, 0.1) is 6.92 Å². The van der Waals surface area contributed by atoms with Crippen molar-refractivity contribution in [3.8, 4) is 5.75 Å². The lowest BCUT2D eigenvalue weighted by Gasteiger charge is -2.34. The molecule has 1 aromatic carbocycles. The third-order valence-electron chi connectivity index (χ3n) is 6.28. The van der Waals surface area contributed by atoms with E-state index in [0.29, 0.717) is 6.54 Å². The van der Waals surface area contributed by atoms with Gasteiger partial charge in [0, 0.05) is 50.5 Å². The number of hydrogen-bond donors (Lipinski definition) is 0. The predicted molar refractivity (Wildman–Crippen MR) is 120 cm³/mol. The second kappa shape index (κ2) is 9.64. The molecule has 1 aromatic heterocycles. The summed E-state index contributed by atoms with van der Waals surface area (Å²) in [6.07, 6.45) is 4.08. The molecule has 1 atom stereocenters. The monoisotopic (exact) mass is 424 g/mol. The lowest BCUT2D eigenvalue weighted by Crippen LogP contribution is -2.41. The molecule has 4 rings (SSSR count). The summed E-state index contributed by atoms with van der Waals surface area (Å²) in [4.78, 5) is 26.5. The number of fused-ring (bicyclic) bond motifs is 1. The fraction of sp³-hybridized carbons (Fsp3) is 0.542. The number of benzene rings is 1. The summed E-state index contributed by atoms with van der Waals surface area (Å²) in [6.45, 7) is 5.44. The number of carbonyl (C=O) groups excluding carboxylic acids is 1. The first-order valence-corrected chi connectivity index (χ1v) is 11.1. The van der Waals surface area contributed by atoms with Crippen molar-refractivity contribution in [3.63, 3.8) is 0 Å². The molecule has 1 fully saturated rings. The number of piperidine rings is 1. The standard InChI is InChI=1S/C24H32N4O3/c1-17-21-10-6-12-28(14-18-7-4-9-20(13-18)31-3)24(21)26-23(25-17)19-8-5-11-27(15-19)22(29)16-30-2/h4,7,9,13,19H,5-6,8,10-12,14-16H2,1-3H3. The first kappa shape index (κ1) is 21.6. The number of aryl methyl sites for hydroxylation is 1. The molecule has 0 N–H and O–H groups in total. The van der Waals surface area contributed by atoms with Crippen LogP contribution in [-0.2, 0) is 22.5 Å². The molecule has 3 heterocycles. The molecule has 1 saturated heterocycles. The lowest BCUT2D eigenvalue weighted by molar-refractivity contribution is -0.136. The van der Waals surface area contributed by atoms with Crippen LogP contribution in [0.15, 0.2) is 24.3 Å². The summed E-state index contributed by atoms with van der Waals surface area (Å²) in [5, 5.41) is 0. The number of amides is 1. The molecule has 2 aliphatic rings. The van der Waals surface area contributed by atoms with Crippen LogP contribution >= 0.6 is 0 Å². The van der Waals surface area contributed by atoms with Crippen LogP contribution < -0.4 is 9.64 Å². The van der Waals surface area contributed by atoms with Gasteiger partial charge in [-0.15, -0.1) is 0 Å². The molecule has 0 radical (unpaired) electrons. The smallest absolute Gasteiger partial charge is 0.248 e. The third kappa shape index (κ3) is 4.82. The SMILES string of the molecule is COCC(=O)N1CCCC(c2nc(C)c3c(n2)N(Cc2cccc(OC)c2)CCC3)C1. The van der Waals surface area contributed by atoms with E-state index >= 15 is 0 Å². The minimum Gasteiger partial charge on any atom is -0.497 e. The van der Waals surface area contributed by atoms with Crippen molar-refractivity contribution in [2.75, 3.05) is 45.4 Å². The Morgan fingerprint density at radius 2 is 2.06 bits per heavy atom. The van der Waals surface area contributed by atoms with Crippen molar-refractivity contribution in [2.24, 2.45) is 0 Å². The normalized spacial score (nSPS) is 18.6. The predicted octanol–water partition coefficient (Wildman–Crippen LogP) is 3.10. The van der Waals surface area contributed by atoms with Gasteiger partial charge >= 0.3 is 0 Å². The van der Waals surface area contributed by atoms with E-state index in [0.717, 1.165) is 68.4 Å². The van der Waals surface area contributed by atoms with Crippen molar-refractivity contribution >= 4 is 11.7 Å². The van der Waals surface area contributed by atoms with Crippen LogP contribution in [0.1, 0.15) is 47.8 Å². The Kier molecular flexibility index (Phi) is 6.70. The number of anilines is 1. The summed E-state index contributed by atoms with van der Waals surface area (Å²) in [5.74, 6) is 3.00. The van der Waals surface area contributed by atoms with E-state index in [1.165, 1.54) is 11.1 Å². The average molecular weight is 425 g/mol. The lowest BCUT2D eigenvalue weighted by atomic mass is 9.96. The first-order chi connectivity index (χ1) is 15.1. The zero-order chi connectivity index (χ0) is 21.8. The summed E-state index contributed by atoms with van der Waals surface area (Å²) >= 11 is 0. The van der Waals surface area contributed by atoms with Gasteiger partial charge in [-0.2, -0.15) is 0 Å². The van der Waals surface area contributed by atoms with E-state index in [2.05, 4.69) is 24.0 Å². The van der Waals surface area contributed by atoms with E-state index in [4.69, 9.17) is 19.4 Å². The van der Waals surface area contributed by atoms with Gasteiger partial charge in [0.15, 0.2) is 0 Å². The highest BCUT2D eigenvalue weighted by atomic mass is 16.5. The van der Waals surface area contributed by atoms with Crippen LogP contribution in [0.5, 0.6) is 5.75 Å². The number of nitrogens with zero attached hydrogens (tertiary/aromatic N) is 4. The van der Waals surface area contributed by atoms with Crippen LogP contribution in [0.2, 0.25) is 0 Å². The fourth-order valence-corrected chi connectivity index (χ4v) is 4.67. The number of likely N-dealkylation sites (tertiary alicyclic amines) is 1. The Labute approximate surface area is 184 Å². The Morgan fingerprint density at radius 1 is 1.19 bits per heavy atom. The average Bonchev–Trinajstić information content (AvgIpc) is 2.80. The second-order valence-corrected chi connectivity index (χ2v) is 8.46. The Hall–Kier alpha value is -2.67. The summed E-state index contributed by atoms with van der Waals surface area (Å²) in [7, 11) is 3.26. The number of aromatic nitrogens is 2. The number of rotatable bonds is 6. The number of methoxy groups -OCH3 is 2. The van der Waals surface area contributed by atoms with Gasteiger partial charge in [0.05, 0.1) is 7.11 Å². The maximum Gasteiger partial charge on any atom is 0.248 e. The molecule has 1 amide bonds. The maximum absolute atomic E-state index is 12.3. The summed E-state index contributed by atoms with van der Waals surface area (Å²) in [5.41, 5.74) is 3.52. The highest BCUT2D eigenvalue weighted by Gasteiger charge is 2.29. The topological polar surface area (TPSA) is 67.8 Å². The Balaban J connectivity index is 1.59. The molecular weight excluding hydrogens is 392 g/mol. The van der Waals surface area contributed by atoms with E-state index in [9.17, 15) is 4.79 Å². The van der Waals surface area contributed by atoms with Crippen molar-refractivity contribution in [2.45, 2.75) is 45.1 Å². The van der Waals surface area contributed by atoms with Crippen molar-refractivity contribution < 1.29 is 14.3 Å². The first-order valence-electron chi connectivity index (χ1n) is 11.1. The zero-order valence-electron chi connectivity index (χ0n) is 18.8. The highest BCUT2D eigenvalue weighted by Crippen LogP contribution is 2.32. The third-order valence-corrected chi connectivity index (χ3v) is 6.28. The molecule has 2 aliphatic heterocycles. The van der Waals surface area contributed by atoms with E-state index in [1.807, 2.05) is 17.0 Å². The van der Waals surface area contributed by atoms with Crippen molar-refractivity contribution in [1.29, 1.82) is 0 Å². The molecule has 1 unspecified atom stereocenters. The van der Waals surface area contributed by atoms with E-state index in [1.54, 1.807) is 14.2 Å². The zero-order valence-corrected chi connectivity index (χ0v) is 18.8.